The Kier molecular flexibility index (Phi) is 3.09. The number of aromatic amines is 1. The molecule has 0 aliphatic rings. The molecule has 0 amide bonds. The molecule has 3 nitrogen and oxygen atoms in total. The Labute approximate surface area is 97.3 Å². The molecule has 2 heterocycles. The Morgan fingerprint density at radius 2 is 2.33 bits per heavy atom. The molecule has 0 aliphatic heterocycles. The number of H-pyrrole nitrogens is 1. The molecular formula is C10H12ClN3S. The van der Waals surface area contributed by atoms with E-state index in [1.165, 1.54) is 11.3 Å². The Bertz CT molecular complexity index is 461. The van der Waals surface area contributed by atoms with E-state index in [1.54, 1.807) is 0 Å². The lowest BCUT2D eigenvalue weighted by Gasteiger charge is -1.97. The Morgan fingerprint density at radius 3 is 2.93 bits per heavy atom. The topological polar surface area (TPSA) is 54.7 Å². The summed E-state index contributed by atoms with van der Waals surface area (Å²) in [5.41, 5.74) is 7.62. The number of aryl methyl sites for hydroxylation is 1. The van der Waals surface area contributed by atoms with Gasteiger partial charge in [-0.1, -0.05) is 11.6 Å². The molecule has 0 radical (unpaired) electrons. The van der Waals surface area contributed by atoms with Crippen molar-refractivity contribution in [3.05, 3.63) is 28.0 Å². The molecule has 15 heavy (non-hydrogen) atoms. The summed E-state index contributed by atoms with van der Waals surface area (Å²) in [7, 11) is 0. The molecule has 2 aromatic rings. The van der Waals surface area contributed by atoms with Crippen LogP contribution < -0.4 is 5.73 Å². The van der Waals surface area contributed by atoms with Crippen molar-refractivity contribution in [1.29, 1.82) is 0 Å². The molecule has 5 heteroatoms. The Hall–Kier alpha value is -0.840. The van der Waals surface area contributed by atoms with Crippen molar-refractivity contribution < 1.29 is 0 Å². The molecule has 0 bridgehead atoms. The minimum Gasteiger partial charge on any atom is -0.346 e. The van der Waals surface area contributed by atoms with E-state index < -0.39 is 0 Å². The second kappa shape index (κ2) is 4.35. The van der Waals surface area contributed by atoms with E-state index >= 15 is 0 Å². The predicted molar refractivity (Wildman–Crippen MR) is 64.4 cm³/mol. The number of imidazole rings is 1. The fraction of sp³-hybridized carbons (Fsp3) is 0.300. The highest BCUT2D eigenvalue weighted by atomic mass is 35.5. The molecule has 0 spiro atoms. The van der Waals surface area contributed by atoms with E-state index in [4.69, 9.17) is 17.3 Å². The average molecular weight is 242 g/mol. The number of nitrogens with two attached hydrogens (primary N) is 1. The maximum absolute atomic E-state index is 5.90. The van der Waals surface area contributed by atoms with E-state index in [1.807, 2.05) is 19.1 Å². The average Bonchev–Trinajstić information content (AvgIpc) is 2.73. The quantitative estimate of drug-likeness (QED) is 0.868. The fourth-order valence-corrected chi connectivity index (χ4v) is 2.57. The van der Waals surface area contributed by atoms with Gasteiger partial charge in [-0.05, 0) is 25.6 Å². The van der Waals surface area contributed by atoms with Crippen molar-refractivity contribution in [3.63, 3.8) is 0 Å². The summed E-state index contributed by atoms with van der Waals surface area (Å²) in [4.78, 5) is 8.77. The number of halogens is 1. The number of nitrogens with one attached hydrogen (secondary N) is 1. The lowest BCUT2D eigenvalue weighted by atomic mass is 10.2. The van der Waals surface area contributed by atoms with Crippen LogP contribution in [0.5, 0.6) is 0 Å². The van der Waals surface area contributed by atoms with Crippen LogP contribution in [-0.4, -0.2) is 16.5 Å². The molecule has 0 aromatic carbocycles. The van der Waals surface area contributed by atoms with Crippen LogP contribution in [0, 0.1) is 6.92 Å². The maximum Gasteiger partial charge on any atom is 0.103 e. The standard InChI is InChI=1S/C10H12ClN3S/c1-6-13-7(4-5-12)10(14-6)8-2-3-9(11)15-8/h2-3H,4-5,12H2,1H3,(H,13,14). The smallest absolute Gasteiger partial charge is 0.103 e. The van der Waals surface area contributed by atoms with Crippen molar-refractivity contribution in [2.24, 2.45) is 5.73 Å². The van der Waals surface area contributed by atoms with Crippen molar-refractivity contribution in [1.82, 2.24) is 9.97 Å². The highest BCUT2D eigenvalue weighted by Crippen LogP contribution is 2.31. The van der Waals surface area contributed by atoms with Crippen LogP contribution >= 0.6 is 22.9 Å². The number of aromatic nitrogens is 2. The van der Waals surface area contributed by atoms with E-state index in [2.05, 4.69) is 9.97 Å². The van der Waals surface area contributed by atoms with E-state index in [0.717, 1.165) is 32.8 Å². The van der Waals surface area contributed by atoms with Crippen LogP contribution in [0.15, 0.2) is 12.1 Å². The molecule has 0 saturated carbocycles. The van der Waals surface area contributed by atoms with Gasteiger partial charge in [0, 0.05) is 12.1 Å². The molecule has 0 fully saturated rings. The van der Waals surface area contributed by atoms with Gasteiger partial charge in [-0.25, -0.2) is 4.98 Å². The molecule has 2 rings (SSSR count). The molecular weight excluding hydrogens is 230 g/mol. The largest absolute Gasteiger partial charge is 0.346 e. The molecule has 3 N–H and O–H groups in total. The lowest BCUT2D eigenvalue weighted by Crippen LogP contribution is -2.03. The number of thiophene rings is 1. The normalized spacial score (nSPS) is 10.9. The molecule has 0 unspecified atom stereocenters. The molecule has 0 atom stereocenters. The predicted octanol–water partition coefficient (Wildman–Crippen LogP) is 2.60. The van der Waals surface area contributed by atoms with Crippen molar-refractivity contribution in [3.8, 4) is 10.6 Å². The van der Waals surface area contributed by atoms with Crippen LogP contribution in [0.4, 0.5) is 0 Å². The first kappa shape index (κ1) is 10.7. The van der Waals surface area contributed by atoms with Gasteiger partial charge in [0.1, 0.15) is 11.5 Å². The third-order valence-corrected chi connectivity index (χ3v) is 3.34. The minimum absolute atomic E-state index is 0.619. The summed E-state index contributed by atoms with van der Waals surface area (Å²) in [6.45, 7) is 2.56. The van der Waals surface area contributed by atoms with Gasteiger partial charge in [0.2, 0.25) is 0 Å². The van der Waals surface area contributed by atoms with Gasteiger partial charge in [0.15, 0.2) is 0 Å². The van der Waals surface area contributed by atoms with Crippen LogP contribution in [0.3, 0.4) is 0 Å². The second-order valence-electron chi connectivity index (χ2n) is 3.29. The van der Waals surface area contributed by atoms with Gasteiger partial charge in [0.25, 0.3) is 0 Å². The molecule has 80 valence electrons. The van der Waals surface area contributed by atoms with E-state index in [-0.39, 0.29) is 0 Å². The minimum atomic E-state index is 0.619. The van der Waals surface area contributed by atoms with E-state index in [9.17, 15) is 0 Å². The van der Waals surface area contributed by atoms with Crippen LogP contribution in [0.1, 0.15) is 11.5 Å². The van der Waals surface area contributed by atoms with Gasteiger partial charge in [0.05, 0.1) is 9.21 Å². The van der Waals surface area contributed by atoms with Gasteiger partial charge >= 0.3 is 0 Å². The summed E-state index contributed by atoms with van der Waals surface area (Å²) < 4.78 is 0.782. The fourth-order valence-electron chi connectivity index (χ4n) is 1.51. The van der Waals surface area contributed by atoms with Gasteiger partial charge < -0.3 is 10.7 Å². The molecule has 2 aromatic heterocycles. The first-order valence-corrected chi connectivity index (χ1v) is 5.91. The van der Waals surface area contributed by atoms with E-state index in [0.29, 0.717) is 6.54 Å². The monoisotopic (exact) mass is 241 g/mol. The van der Waals surface area contributed by atoms with Crippen LogP contribution in [0.25, 0.3) is 10.6 Å². The second-order valence-corrected chi connectivity index (χ2v) is 5.01. The Balaban J connectivity index is 2.42. The number of hydrogen-bond donors (Lipinski definition) is 2. The van der Waals surface area contributed by atoms with Crippen molar-refractivity contribution in [2.75, 3.05) is 6.54 Å². The number of nitrogens with zero attached hydrogens (tertiary/aromatic N) is 1. The summed E-state index contributed by atoms with van der Waals surface area (Å²) >= 11 is 7.44. The lowest BCUT2D eigenvalue weighted by molar-refractivity contribution is 0.931. The zero-order valence-electron chi connectivity index (χ0n) is 8.38. The Morgan fingerprint density at radius 1 is 1.53 bits per heavy atom. The highest BCUT2D eigenvalue weighted by Gasteiger charge is 2.11. The summed E-state index contributed by atoms with van der Waals surface area (Å²) in [5.74, 6) is 0.915. The summed E-state index contributed by atoms with van der Waals surface area (Å²) in [6.07, 6.45) is 0.811. The summed E-state index contributed by atoms with van der Waals surface area (Å²) in [5, 5.41) is 0. The summed E-state index contributed by atoms with van der Waals surface area (Å²) in [6, 6.07) is 3.88. The SMILES string of the molecule is Cc1nc(-c2ccc(Cl)s2)c(CCN)[nH]1. The molecule has 0 saturated heterocycles. The molecule has 0 aliphatic carbocycles. The van der Waals surface area contributed by atoms with Gasteiger partial charge in [-0.2, -0.15) is 0 Å². The zero-order valence-corrected chi connectivity index (χ0v) is 9.95. The third-order valence-electron chi connectivity index (χ3n) is 2.10. The van der Waals surface area contributed by atoms with Crippen LogP contribution in [0.2, 0.25) is 4.34 Å². The highest BCUT2D eigenvalue weighted by molar-refractivity contribution is 7.19. The third kappa shape index (κ3) is 2.22. The van der Waals surface area contributed by atoms with Crippen LogP contribution in [-0.2, 0) is 6.42 Å². The van der Waals surface area contributed by atoms with Gasteiger partial charge in [-0.15, -0.1) is 11.3 Å². The maximum atomic E-state index is 5.90. The first-order valence-electron chi connectivity index (χ1n) is 4.72. The number of hydrogen-bond acceptors (Lipinski definition) is 3. The van der Waals surface area contributed by atoms with Gasteiger partial charge in [-0.3, -0.25) is 0 Å². The number of rotatable bonds is 3. The van der Waals surface area contributed by atoms with Crippen molar-refractivity contribution in [2.45, 2.75) is 13.3 Å². The zero-order chi connectivity index (χ0) is 10.8. The first-order chi connectivity index (χ1) is 7.20. The van der Waals surface area contributed by atoms with Crippen molar-refractivity contribution >= 4 is 22.9 Å².